The number of nitrogens with one attached hydrogen (secondary N) is 1. The van der Waals surface area contributed by atoms with Crippen LogP contribution in [0.2, 0.25) is 0 Å². The van der Waals surface area contributed by atoms with Crippen molar-refractivity contribution >= 4 is 21.8 Å². The zero-order valence-electron chi connectivity index (χ0n) is 12.5. The first-order chi connectivity index (χ1) is 10.2. The van der Waals surface area contributed by atoms with Crippen LogP contribution >= 0.6 is 15.9 Å². The molecule has 1 aromatic carbocycles. The third-order valence-electron chi connectivity index (χ3n) is 4.19. The van der Waals surface area contributed by atoms with Crippen molar-refractivity contribution < 1.29 is 14.3 Å². The maximum absolute atomic E-state index is 12.2. The monoisotopic (exact) mass is 355 g/mol. The average Bonchev–Trinajstić information content (AvgIpc) is 2.99. The summed E-state index contributed by atoms with van der Waals surface area (Å²) in [6.07, 6.45) is 3.71. The van der Waals surface area contributed by atoms with Gasteiger partial charge < -0.3 is 14.8 Å². The number of benzene rings is 1. The van der Waals surface area contributed by atoms with E-state index in [1.54, 1.807) is 32.4 Å². The van der Waals surface area contributed by atoms with Gasteiger partial charge in [0, 0.05) is 17.4 Å². The number of alkyl halides is 1. The summed E-state index contributed by atoms with van der Waals surface area (Å²) in [4.78, 5) is 12.2. The first kappa shape index (κ1) is 16.1. The summed E-state index contributed by atoms with van der Waals surface area (Å²) < 4.78 is 10.4. The van der Waals surface area contributed by atoms with Gasteiger partial charge in [0.2, 0.25) is 0 Å². The van der Waals surface area contributed by atoms with E-state index in [1.165, 1.54) is 19.3 Å². The lowest BCUT2D eigenvalue weighted by Gasteiger charge is -2.18. The van der Waals surface area contributed by atoms with Gasteiger partial charge in [-0.15, -0.1) is 0 Å². The fraction of sp³-hybridized carbons (Fsp3) is 0.562. The minimum Gasteiger partial charge on any atom is -0.493 e. The minimum atomic E-state index is -0.0591. The minimum absolute atomic E-state index is 0.0591. The topological polar surface area (TPSA) is 47.6 Å². The Labute approximate surface area is 134 Å². The van der Waals surface area contributed by atoms with Crippen LogP contribution in [0, 0.1) is 11.8 Å². The van der Waals surface area contributed by atoms with E-state index >= 15 is 0 Å². The Morgan fingerprint density at radius 1 is 1.24 bits per heavy atom. The predicted octanol–water partition coefficient (Wildman–Crippen LogP) is 3.24. The van der Waals surface area contributed by atoms with Crippen LogP contribution in [-0.2, 0) is 0 Å². The third-order valence-corrected chi connectivity index (χ3v) is 5.02. The van der Waals surface area contributed by atoms with Crippen molar-refractivity contribution in [2.24, 2.45) is 11.8 Å². The molecule has 0 radical (unpaired) electrons. The Kier molecular flexibility index (Phi) is 5.91. The molecule has 4 nitrogen and oxygen atoms in total. The van der Waals surface area contributed by atoms with Gasteiger partial charge in [-0.25, -0.2) is 0 Å². The van der Waals surface area contributed by atoms with Crippen LogP contribution < -0.4 is 14.8 Å². The lowest BCUT2D eigenvalue weighted by atomic mass is 9.98. The molecule has 1 N–H and O–H groups in total. The summed E-state index contributed by atoms with van der Waals surface area (Å²) in [6.45, 7) is 0.740. The molecule has 1 saturated carbocycles. The van der Waals surface area contributed by atoms with Gasteiger partial charge in [0.05, 0.1) is 14.2 Å². The molecule has 1 aliphatic rings. The number of carbonyl (C=O) groups is 1. The van der Waals surface area contributed by atoms with Crippen molar-refractivity contribution in [3.63, 3.8) is 0 Å². The smallest absolute Gasteiger partial charge is 0.251 e. The molecule has 2 unspecified atom stereocenters. The molecule has 1 amide bonds. The highest BCUT2D eigenvalue weighted by molar-refractivity contribution is 9.09. The second-order valence-electron chi connectivity index (χ2n) is 5.39. The standard InChI is InChI=1S/C16H22BrNO3/c1-20-14-7-6-11(8-15(14)21-2)16(19)18-10-13-5-3-4-12(13)9-17/h6-8,12-13H,3-5,9-10H2,1-2H3,(H,18,19). The van der Waals surface area contributed by atoms with Gasteiger partial charge in [-0.3, -0.25) is 4.79 Å². The Morgan fingerprint density at radius 2 is 1.95 bits per heavy atom. The highest BCUT2D eigenvalue weighted by Crippen LogP contribution is 2.32. The van der Waals surface area contributed by atoms with Crippen molar-refractivity contribution in [2.75, 3.05) is 26.1 Å². The summed E-state index contributed by atoms with van der Waals surface area (Å²) in [7, 11) is 3.15. The Bertz CT molecular complexity index is 492. The molecule has 2 rings (SSSR count). The second kappa shape index (κ2) is 7.69. The van der Waals surface area contributed by atoms with E-state index in [2.05, 4.69) is 21.2 Å². The van der Waals surface area contributed by atoms with E-state index in [4.69, 9.17) is 9.47 Å². The van der Waals surface area contributed by atoms with Crippen molar-refractivity contribution in [2.45, 2.75) is 19.3 Å². The zero-order valence-corrected chi connectivity index (χ0v) is 14.1. The zero-order chi connectivity index (χ0) is 15.2. The molecule has 0 aliphatic heterocycles. The van der Waals surface area contributed by atoms with Gasteiger partial charge in [-0.1, -0.05) is 22.4 Å². The summed E-state index contributed by atoms with van der Waals surface area (Å²) in [5, 5.41) is 4.06. The molecule has 0 bridgehead atoms. The van der Waals surface area contributed by atoms with Crippen molar-refractivity contribution in [1.29, 1.82) is 0 Å². The first-order valence-electron chi connectivity index (χ1n) is 7.25. The molecular weight excluding hydrogens is 334 g/mol. The van der Waals surface area contributed by atoms with Crippen LogP contribution in [0.3, 0.4) is 0 Å². The number of hydrogen-bond acceptors (Lipinski definition) is 3. The van der Waals surface area contributed by atoms with E-state index in [0.29, 0.717) is 28.9 Å². The molecule has 21 heavy (non-hydrogen) atoms. The van der Waals surface area contributed by atoms with E-state index in [0.717, 1.165) is 11.9 Å². The van der Waals surface area contributed by atoms with E-state index in [1.807, 2.05) is 0 Å². The number of methoxy groups -OCH3 is 2. The van der Waals surface area contributed by atoms with Crippen molar-refractivity contribution in [1.82, 2.24) is 5.32 Å². The maximum atomic E-state index is 12.2. The van der Waals surface area contributed by atoms with Gasteiger partial charge in [-0.05, 0) is 42.9 Å². The number of halogens is 1. The molecule has 116 valence electrons. The maximum Gasteiger partial charge on any atom is 0.251 e. The Balaban J connectivity index is 1.97. The van der Waals surface area contributed by atoms with Crippen LogP contribution in [0.1, 0.15) is 29.6 Å². The van der Waals surface area contributed by atoms with Gasteiger partial charge in [0.25, 0.3) is 5.91 Å². The summed E-state index contributed by atoms with van der Waals surface area (Å²) in [5.74, 6) is 2.40. The molecule has 0 heterocycles. The van der Waals surface area contributed by atoms with E-state index in [-0.39, 0.29) is 5.91 Å². The number of rotatable bonds is 6. The summed E-state index contributed by atoms with van der Waals surface area (Å²) >= 11 is 3.56. The highest BCUT2D eigenvalue weighted by atomic mass is 79.9. The number of hydrogen-bond donors (Lipinski definition) is 1. The second-order valence-corrected chi connectivity index (χ2v) is 6.03. The van der Waals surface area contributed by atoms with Crippen molar-refractivity contribution in [3.8, 4) is 11.5 Å². The van der Waals surface area contributed by atoms with Gasteiger partial charge in [0.1, 0.15) is 0 Å². The molecular formula is C16H22BrNO3. The normalized spacial score (nSPS) is 21.1. The van der Waals surface area contributed by atoms with Gasteiger partial charge >= 0.3 is 0 Å². The average molecular weight is 356 g/mol. The van der Waals surface area contributed by atoms with Crippen LogP contribution in [0.25, 0.3) is 0 Å². The van der Waals surface area contributed by atoms with Gasteiger partial charge in [-0.2, -0.15) is 0 Å². The fourth-order valence-corrected chi connectivity index (χ4v) is 3.74. The molecule has 0 spiro atoms. The van der Waals surface area contributed by atoms with Crippen LogP contribution in [-0.4, -0.2) is 32.0 Å². The van der Waals surface area contributed by atoms with Gasteiger partial charge in [0.15, 0.2) is 11.5 Å². The summed E-state index contributed by atoms with van der Waals surface area (Å²) in [5.41, 5.74) is 0.598. The number of ether oxygens (including phenoxy) is 2. The molecule has 0 aromatic heterocycles. The number of amides is 1. The third kappa shape index (κ3) is 3.90. The Hall–Kier alpha value is -1.23. The van der Waals surface area contributed by atoms with Crippen LogP contribution in [0.5, 0.6) is 11.5 Å². The quantitative estimate of drug-likeness (QED) is 0.796. The largest absolute Gasteiger partial charge is 0.493 e. The highest BCUT2D eigenvalue weighted by Gasteiger charge is 2.26. The Morgan fingerprint density at radius 3 is 2.62 bits per heavy atom. The van der Waals surface area contributed by atoms with Crippen molar-refractivity contribution in [3.05, 3.63) is 23.8 Å². The van der Waals surface area contributed by atoms with E-state index < -0.39 is 0 Å². The molecule has 1 aliphatic carbocycles. The fourth-order valence-electron chi connectivity index (χ4n) is 2.89. The number of carbonyl (C=O) groups excluding carboxylic acids is 1. The molecule has 5 heteroatoms. The lowest BCUT2D eigenvalue weighted by molar-refractivity contribution is 0.0944. The summed E-state index contributed by atoms with van der Waals surface area (Å²) in [6, 6.07) is 5.22. The molecule has 1 fully saturated rings. The lowest BCUT2D eigenvalue weighted by Crippen LogP contribution is -2.31. The SMILES string of the molecule is COc1ccc(C(=O)NCC2CCCC2CBr)cc1OC. The molecule has 0 saturated heterocycles. The van der Waals surface area contributed by atoms with E-state index in [9.17, 15) is 4.79 Å². The first-order valence-corrected chi connectivity index (χ1v) is 8.38. The molecule has 2 atom stereocenters. The van der Waals surface area contributed by atoms with Crippen LogP contribution in [0.4, 0.5) is 0 Å². The molecule has 1 aromatic rings. The predicted molar refractivity (Wildman–Crippen MR) is 86.5 cm³/mol. The van der Waals surface area contributed by atoms with Crippen LogP contribution in [0.15, 0.2) is 18.2 Å².